The second-order valence-electron chi connectivity index (χ2n) is 7.48. The van der Waals surface area contributed by atoms with Crippen molar-refractivity contribution in [2.45, 2.75) is 84.7 Å². The largest absolute Gasteiger partial charge is 0.348 e. The number of aromatic nitrogens is 1. The van der Waals surface area contributed by atoms with Crippen molar-refractivity contribution >= 4 is 0 Å². The molecule has 114 valence electrons. The fraction of sp³-hybridized carbons (Fsp3) is 0.778. The maximum atomic E-state index is 6.36. The van der Waals surface area contributed by atoms with Gasteiger partial charge in [-0.05, 0) is 43.2 Å². The van der Waals surface area contributed by atoms with Crippen LogP contribution in [0.15, 0.2) is 12.3 Å². The third-order valence-corrected chi connectivity index (χ3v) is 4.83. The van der Waals surface area contributed by atoms with Gasteiger partial charge >= 0.3 is 0 Å². The van der Waals surface area contributed by atoms with Gasteiger partial charge in [0.2, 0.25) is 0 Å². The Kier molecular flexibility index (Phi) is 4.95. The highest BCUT2D eigenvalue weighted by atomic mass is 15.0. The minimum Gasteiger partial charge on any atom is -0.348 e. The topological polar surface area (TPSA) is 30.9 Å². The van der Waals surface area contributed by atoms with Gasteiger partial charge in [0, 0.05) is 24.0 Å². The molecule has 20 heavy (non-hydrogen) atoms. The van der Waals surface area contributed by atoms with E-state index >= 15 is 0 Å². The van der Waals surface area contributed by atoms with Gasteiger partial charge in [0.15, 0.2) is 0 Å². The zero-order valence-corrected chi connectivity index (χ0v) is 13.8. The maximum Gasteiger partial charge on any atom is 0.0318 e. The van der Waals surface area contributed by atoms with Gasteiger partial charge in [-0.3, -0.25) is 0 Å². The van der Waals surface area contributed by atoms with Crippen LogP contribution in [0.1, 0.15) is 89.6 Å². The molecule has 1 aromatic heterocycles. The van der Waals surface area contributed by atoms with Gasteiger partial charge in [0.1, 0.15) is 0 Å². The predicted octanol–water partition coefficient (Wildman–Crippen LogP) is 4.99. The van der Waals surface area contributed by atoms with Gasteiger partial charge in [-0.25, -0.2) is 0 Å². The van der Waals surface area contributed by atoms with E-state index in [0.717, 1.165) is 6.42 Å². The Hall–Kier alpha value is -0.760. The molecular formula is C18H32N2. The Bertz CT molecular complexity index is 431. The summed E-state index contributed by atoms with van der Waals surface area (Å²) in [5, 5.41) is 0. The Morgan fingerprint density at radius 1 is 1.35 bits per heavy atom. The zero-order valence-electron chi connectivity index (χ0n) is 13.8. The SMILES string of the molecule is CCCCCCC(C)n1ccc2c1CC(C)(C)CC2N. The van der Waals surface area contributed by atoms with E-state index in [4.69, 9.17) is 5.73 Å². The first-order valence-corrected chi connectivity index (χ1v) is 8.40. The van der Waals surface area contributed by atoms with Crippen LogP contribution in [0.4, 0.5) is 0 Å². The molecule has 2 heteroatoms. The normalized spacial score (nSPS) is 22.6. The molecule has 1 heterocycles. The molecule has 1 aliphatic rings. The van der Waals surface area contributed by atoms with Crippen LogP contribution < -0.4 is 5.73 Å². The molecule has 0 saturated carbocycles. The van der Waals surface area contributed by atoms with Crippen LogP contribution in [0.5, 0.6) is 0 Å². The van der Waals surface area contributed by atoms with Crippen LogP contribution in [0, 0.1) is 5.41 Å². The van der Waals surface area contributed by atoms with E-state index in [9.17, 15) is 0 Å². The molecule has 0 aromatic carbocycles. The quantitative estimate of drug-likeness (QED) is 0.729. The van der Waals surface area contributed by atoms with E-state index in [0.29, 0.717) is 11.5 Å². The smallest absolute Gasteiger partial charge is 0.0318 e. The lowest BCUT2D eigenvalue weighted by molar-refractivity contribution is 0.271. The highest BCUT2D eigenvalue weighted by molar-refractivity contribution is 5.30. The summed E-state index contributed by atoms with van der Waals surface area (Å²) in [6.45, 7) is 9.33. The lowest BCUT2D eigenvalue weighted by atomic mass is 9.74. The molecule has 1 aliphatic carbocycles. The van der Waals surface area contributed by atoms with Crippen LogP contribution in [-0.2, 0) is 6.42 Å². The second kappa shape index (κ2) is 6.34. The summed E-state index contributed by atoms with van der Waals surface area (Å²) < 4.78 is 2.50. The van der Waals surface area contributed by atoms with Crippen molar-refractivity contribution in [1.29, 1.82) is 0 Å². The highest BCUT2D eigenvalue weighted by Crippen LogP contribution is 2.41. The van der Waals surface area contributed by atoms with Crippen molar-refractivity contribution in [3.8, 4) is 0 Å². The number of nitrogens with two attached hydrogens (primary N) is 1. The van der Waals surface area contributed by atoms with Crippen LogP contribution in [0.25, 0.3) is 0 Å². The van der Waals surface area contributed by atoms with Crippen molar-refractivity contribution in [1.82, 2.24) is 4.57 Å². The Morgan fingerprint density at radius 3 is 2.80 bits per heavy atom. The number of hydrogen-bond donors (Lipinski definition) is 1. The number of hydrogen-bond acceptors (Lipinski definition) is 1. The van der Waals surface area contributed by atoms with Gasteiger partial charge in [-0.15, -0.1) is 0 Å². The summed E-state index contributed by atoms with van der Waals surface area (Å²) >= 11 is 0. The summed E-state index contributed by atoms with van der Waals surface area (Å²) in [4.78, 5) is 0. The number of unbranched alkanes of at least 4 members (excludes halogenated alkanes) is 3. The molecule has 2 unspecified atom stereocenters. The third-order valence-electron chi connectivity index (χ3n) is 4.83. The molecule has 0 saturated heterocycles. The van der Waals surface area contributed by atoms with E-state index in [-0.39, 0.29) is 6.04 Å². The van der Waals surface area contributed by atoms with Crippen LogP contribution in [0.3, 0.4) is 0 Å². The van der Waals surface area contributed by atoms with Crippen molar-refractivity contribution in [2.24, 2.45) is 11.1 Å². The minimum absolute atomic E-state index is 0.224. The Morgan fingerprint density at radius 2 is 2.10 bits per heavy atom. The molecule has 0 radical (unpaired) electrons. The zero-order chi connectivity index (χ0) is 14.8. The molecule has 0 bridgehead atoms. The average Bonchev–Trinajstić information content (AvgIpc) is 2.76. The summed E-state index contributed by atoms with van der Waals surface area (Å²) in [5.74, 6) is 0. The van der Waals surface area contributed by atoms with Crippen molar-refractivity contribution in [2.75, 3.05) is 0 Å². The molecule has 2 rings (SSSR count). The monoisotopic (exact) mass is 276 g/mol. The average molecular weight is 276 g/mol. The molecule has 1 aromatic rings. The third kappa shape index (κ3) is 3.46. The number of rotatable bonds is 6. The fourth-order valence-electron chi connectivity index (χ4n) is 3.68. The standard InChI is InChI=1S/C18H32N2/c1-5-6-7-8-9-14(2)20-11-10-15-16(19)12-18(3,4)13-17(15)20/h10-11,14,16H,5-9,12-13,19H2,1-4H3. The van der Waals surface area contributed by atoms with Crippen molar-refractivity contribution < 1.29 is 0 Å². The van der Waals surface area contributed by atoms with Gasteiger partial charge in [-0.2, -0.15) is 0 Å². The molecule has 0 aliphatic heterocycles. The van der Waals surface area contributed by atoms with E-state index < -0.39 is 0 Å². The van der Waals surface area contributed by atoms with Crippen molar-refractivity contribution in [3.63, 3.8) is 0 Å². The van der Waals surface area contributed by atoms with E-state index in [1.54, 1.807) is 0 Å². The van der Waals surface area contributed by atoms with Crippen LogP contribution in [0.2, 0.25) is 0 Å². The Balaban J connectivity index is 2.06. The summed E-state index contributed by atoms with van der Waals surface area (Å²) in [5.41, 5.74) is 9.59. The lowest BCUT2D eigenvalue weighted by Crippen LogP contribution is -2.30. The van der Waals surface area contributed by atoms with E-state index in [1.807, 2.05) is 0 Å². The predicted molar refractivity (Wildman–Crippen MR) is 86.9 cm³/mol. The molecule has 2 nitrogen and oxygen atoms in total. The highest BCUT2D eigenvalue weighted by Gasteiger charge is 2.32. The summed E-state index contributed by atoms with van der Waals surface area (Å²) in [6, 6.07) is 3.09. The van der Waals surface area contributed by atoms with Gasteiger partial charge in [0.05, 0.1) is 0 Å². The summed E-state index contributed by atoms with van der Waals surface area (Å²) in [7, 11) is 0. The minimum atomic E-state index is 0.224. The maximum absolute atomic E-state index is 6.36. The second-order valence-corrected chi connectivity index (χ2v) is 7.48. The van der Waals surface area contributed by atoms with E-state index in [1.165, 1.54) is 49.8 Å². The number of fused-ring (bicyclic) bond motifs is 1. The number of nitrogens with zero attached hydrogens (tertiary/aromatic N) is 1. The lowest BCUT2D eigenvalue weighted by Gasteiger charge is -2.35. The van der Waals surface area contributed by atoms with Crippen LogP contribution in [-0.4, -0.2) is 4.57 Å². The first kappa shape index (κ1) is 15.6. The van der Waals surface area contributed by atoms with E-state index in [2.05, 4.69) is 44.5 Å². The molecular weight excluding hydrogens is 244 g/mol. The van der Waals surface area contributed by atoms with Gasteiger partial charge in [0.25, 0.3) is 0 Å². The van der Waals surface area contributed by atoms with Gasteiger partial charge in [-0.1, -0.05) is 46.5 Å². The summed E-state index contributed by atoms with van der Waals surface area (Å²) in [6.07, 6.45) is 11.2. The first-order chi connectivity index (χ1) is 9.44. The van der Waals surface area contributed by atoms with Crippen molar-refractivity contribution in [3.05, 3.63) is 23.5 Å². The molecule has 0 spiro atoms. The first-order valence-electron chi connectivity index (χ1n) is 8.40. The molecule has 0 amide bonds. The molecule has 0 fully saturated rings. The van der Waals surface area contributed by atoms with Crippen LogP contribution >= 0.6 is 0 Å². The molecule has 2 N–H and O–H groups in total. The van der Waals surface area contributed by atoms with Gasteiger partial charge < -0.3 is 10.3 Å². The molecule has 2 atom stereocenters. The fourth-order valence-corrected chi connectivity index (χ4v) is 3.68. The Labute approximate surface area is 124 Å².